The van der Waals surface area contributed by atoms with Crippen LogP contribution in [0.5, 0.6) is 0 Å². The van der Waals surface area contributed by atoms with E-state index in [1.54, 1.807) is 28.1 Å². The third kappa shape index (κ3) is 7.41. The average Bonchev–Trinajstić information content (AvgIpc) is 3.61. The summed E-state index contributed by atoms with van der Waals surface area (Å²) in [6, 6.07) is 0. The summed E-state index contributed by atoms with van der Waals surface area (Å²) in [6.07, 6.45) is 1.13. The Morgan fingerprint density at radius 2 is 1.46 bits per heavy atom. The van der Waals surface area contributed by atoms with Gasteiger partial charge in [0.25, 0.3) is 0 Å². The molecule has 1 saturated carbocycles. The van der Waals surface area contributed by atoms with Crippen molar-refractivity contribution in [2.45, 2.75) is 178 Å². The van der Waals surface area contributed by atoms with Gasteiger partial charge < -0.3 is 62.3 Å². The van der Waals surface area contributed by atoms with Crippen LogP contribution in [0.3, 0.4) is 0 Å². The Morgan fingerprint density at radius 3 is 2.20 bits per heavy atom. The molecule has 0 aromatic heterocycles. The first-order valence-electron chi connectivity index (χ1n) is 20.5. The third-order valence-electron chi connectivity index (χ3n) is 14.1. The molecule has 0 unspecified atom stereocenters. The maximum atomic E-state index is 13.7. The minimum atomic E-state index is -1.10. The van der Waals surface area contributed by atoms with Gasteiger partial charge in [0, 0.05) is 46.0 Å². The average molecular weight is 793 g/mol. The van der Waals surface area contributed by atoms with Gasteiger partial charge >= 0.3 is 11.9 Å². The first-order chi connectivity index (χ1) is 26.7. The van der Waals surface area contributed by atoms with Gasteiger partial charge in [0.15, 0.2) is 18.9 Å². The number of aliphatic hydroxyl groups is 2. The third-order valence-corrected chi connectivity index (χ3v) is 14.1. The van der Waals surface area contributed by atoms with Gasteiger partial charge in [-0.25, -0.2) is 4.79 Å². The molecule has 6 heterocycles. The van der Waals surface area contributed by atoms with Gasteiger partial charge in [-0.1, -0.05) is 24.6 Å². The fraction of sp³-hybridized carbons (Fsp3) is 0.854. The molecule has 8 rings (SSSR count). The molecule has 2 N–H and O–H groups in total. The van der Waals surface area contributed by atoms with Crippen LogP contribution in [0.4, 0.5) is 0 Å². The van der Waals surface area contributed by atoms with Crippen LogP contribution in [0, 0.1) is 23.2 Å². The van der Waals surface area contributed by atoms with Gasteiger partial charge in [-0.05, 0) is 64.2 Å². The van der Waals surface area contributed by atoms with Crippen molar-refractivity contribution in [2.24, 2.45) is 23.2 Å². The quantitative estimate of drug-likeness (QED) is 0.271. The van der Waals surface area contributed by atoms with Crippen molar-refractivity contribution in [1.82, 2.24) is 0 Å². The van der Waals surface area contributed by atoms with Crippen molar-refractivity contribution in [2.75, 3.05) is 20.8 Å². The number of esters is 2. The molecule has 15 heteroatoms. The number of methoxy groups -OCH3 is 2. The van der Waals surface area contributed by atoms with Crippen molar-refractivity contribution in [1.29, 1.82) is 0 Å². The molecule has 5 saturated heterocycles. The number of hydrogen-bond donors (Lipinski definition) is 2. The second kappa shape index (κ2) is 15.9. The maximum absolute atomic E-state index is 13.7. The van der Waals surface area contributed by atoms with Crippen molar-refractivity contribution in [3.63, 3.8) is 0 Å². The van der Waals surface area contributed by atoms with E-state index >= 15 is 0 Å². The van der Waals surface area contributed by atoms with Crippen LogP contribution >= 0.6 is 0 Å². The van der Waals surface area contributed by atoms with Gasteiger partial charge in [-0.3, -0.25) is 4.79 Å². The Hall–Kier alpha value is -2.02. The van der Waals surface area contributed by atoms with Crippen LogP contribution in [-0.2, 0) is 61.7 Å². The Kier molecular flexibility index (Phi) is 11.5. The maximum Gasteiger partial charge on any atom is 0.336 e. The van der Waals surface area contributed by atoms with Crippen molar-refractivity contribution < 1.29 is 71.9 Å². The lowest BCUT2D eigenvalue weighted by atomic mass is 9.55. The van der Waals surface area contributed by atoms with Crippen molar-refractivity contribution >= 4 is 11.9 Å². The molecule has 0 aromatic rings. The summed E-state index contributed by atoms with van der Waals surface area (Å²) in [6.45, 7) is 9.72. The first kappa shape index (κ1) is 40.7. The minimum absolute atomic E-state index is 0.0315. The van der Waals surface area contributed by atoms with Gasteiger partial charge in [0.1, 0.15) is 24.4 Å². The molecule has 0 bridgehead atoms. The fourth-order valence-corrected chi connectivity index (χ4v) is 10.9. The zero-order valence-corrected chi connectivity index (χ0v) is 33.5. The molecule has 0 radical (unpaired) electrons. The van der Waals surface area contributed by atoms with Crippen molar-refractivity contribution in [3.8, 4) is 0 Å². The summed E-state index contributed by atoms with van der Waals surface area (Å²) in [5, 5.41) is 21.5. The van der Waals surface area contributed by atoms with E-state index in [2.05, 4.69) is 13.0 Å². The zero-order valence-electron chi connectivity index (χ0n) is 33.5. The van der Waals surface area contributed by atoms with E-state index in [0.29, 0.717) is 37.7 Å². The Balaban J connectivity index is 0.864. The number of ether oxygens (including phenoxy) is 11. The highest BCUT2D eigenvalue weighted by atomic mass is 16.8. The van der Waals surface area contributed by atoms with Crippen LogP contribution in [0.2, 0.25) is 0 Å². The summed E-state index contributed by atoms with van der Waals surface area (Å²) in [5.41, 5.74) is 1.55. The van der Waals surface area contributed by atoms with E-state index in [0.717, 1.165) is 12.8 Å². The Labute approximate surface area is 328 Å². The van der Waals surface area contributed by atoms with Crippen LogP contribution in [0.25, 0.3) is 0 Å². The second-order valence-electron chi connectivity index (χ2n) is 17.5. The van der Waals surface area contributed by atoms with Gasteiger partial charge in [-0.15, -0.1) is 0 Å². The molecule has 2 aliphatic carbocycles. The number of carbonyl (C=O) groups excluding carboxylic acids is 2. The van der Waals surface area contributed by atoms with E-state index in [9.17, 15) is 19.8 Å². The van der Waals surface area contributed by atoms with Crippen LogP contribution in [0.15, 0.2) is 23.3 Å². The molecule has 19 atom stereocenters. The molecule has 0 spiro atoms. The minimum Gasteiger partial charge on any atom is -0.459 e. The lowest BCUT2D eigenvalue weighted by Gasteiger charge is -2.50. The molecule has 15 nitrogen and oxygen atoms in total. The van der Waals surface area contributed by atoms with E-state index < -0.39 is 91.5 Å². The number of aliphatic hydroxyl groups excluding tert-OH is 2. The first-order valence-corrected chi connectivity index (χ1v) is 20.5. The summed E-state index contributed by atoms with van der Waals surface area (Å²) in [4.78, 5) is 26.6. The monoisotopic (exact) mass is 792 g/mol. The highest BCUT2D eigenvalue weighted by Gasteiger charge is 2.61. The van der Waals surface area contributed by atoms with E-state index in [-0.39, 0.29) is 48.5 Å². The molecule has 8 aliphatic rings. The summed E-state index contributed by atoms with van der Waals surface area (Å²) < 4.78 is 66.6. The predicted molar refractivity (Wildman–Crippen MR) is 193 cm³/mol. The van der Waals surface area contributed by atoms with Gasteiger partial charge in [0.05, 0.1) is 61.2 Å². The van der Waals surface area contributed by atoms with Crippen LogP contribution < -0.4 is 0 Å². The zero-order chi connectivity index (χ0) is 39.7. The number of hydrogen-bond acceptors (Lipinski definition) is 15. The van der Waals surface area contributed by atoms with Crippen LogP contribution in [0.1, 0.15) is 86.0 Å². The summed E-state index contributed by atoms with van der Waals surface area (Å²) in [7, 11) is 3.19. The molecule has 56 heavy (non-hydrogen) atoms. The standard InChI is InChI=1S/C41H60O15/c1-19-35(43)28(46-6)16-33(49-19)54-36-20(2)50-31(15-27(36)42)55-37-21(3)51-32(17-29(37)47-7)52-23-12-13-40(4)22(14-23)8-9-24-26(40)11-10-25-34-30(53-38(24)44)18-48-41(34,5)56-39(25)45/h8,10,19-21,23-24,26-37,42-43H,9,11-18H2,1-7H3/t19-,20+,21+,23-,24+,26-,27-,28+,29-,30+,31-,32-,33-,34+,35-,36+,37+,40-,41+/m0/s1. The molecular weight excluding hydrogens is 732 g/mol. The normalized spacial score (nSPS) is 50.6. The summed E-state index contributed by atoms with van der Waals surface area (Å²) >= 11 is 0. The highest BCUT2D eigenvalue weighted by Crippen LogP contribution is 2.56. The van der Waals surface area contributed by atoms with Crippen molar-refractivity contribution in [3.05, 3.63) is 23.3 Å². The lowest BCUT2D eigenvalue weighted by molar-refractivity contribution is -0.337. The smallest absolute Gasteiger partial charge is 0.336 e. The number of carbonyl (C=O) groups is 2. The van der Waals surface area contributed by atoms with Gasteiger partial charge in [-0.2, -0.15) is 0 Å². The largest absolute Gasteiger partial charge is 0.459 e. The highest BCUT2D eigenvalue weighted by molar-refractivity contribution is 5.92. The number of rotatable bonds is 8. The molecule has 6 aliphatic heterocycles. The number of allylic oxidation sites excluding steroid dienone is 2. The van der Waals surface area contributed by atoms with E-state index in [1.165, 1.54) is 5.57 Å². The van der Waals surface area contributed by atoms with Gasteiger partial charge in [0.2, 0.25) is 5.79 Å². The molecule has 6 fully saturated rings. The fourth-order valence-electron chi connectivity index (χ4n) is 10.9. The molecule has 314 valence electrons. The van der Waals surface area contributed by atoms with E-state index in [1.807, 2.05) is 19.9 Å². The topological polar surface area (TPSA) is 176 Å². The Morgan fingerprint density at radius 1 is 0.804 bits per heavy atom. The summed E-state index contributed by atoms with van der Waals surface area (Å²) in [5.74, 6) is -2.50. The predicted octanol–water partition coefficient (Wildman–Crippen LogP) is 3.21. The molecule has 0 aromatic carbocycles. The Bertz CT molecular complexity index is 1520. The lowest BCUT2D eigenvalue weighted by Crippen LogP contribution is -2.56. The molecular formula is C41H60O15. The molecule has 0 amide bonds. The number of fused-ring (bicyclic) bond motifs is 3. The second-order valence-corrected chi connectivity index (χ2v) is 17.5. The van der Waals surface area contributed by atoms with Crippen LogP contribution in [-0.4, -0.2) is 135 Å². The SMILES string of the molecule is CO[C@H]1C[C@H](O[C@H]2CC[C@@]3(C)C(=CC[C@H]4C(=O)O[C@@H]5CO[C@]6(C)OC(=O)C(=CC[C@@H]43)[C@H]56)C2)O[C@H](C)[C@H]1O[C@H]1C[C@H](O)[C@H](O[C@H]2C[C@@H](OC)[C@@H](O)[C@H](C)O2)[C@@H](C)O1. The van der Waals surface area contributed by atoms with E-state index in [4.69, 9.17) is 52.1 Å².